The molecule has 1 spiro atoms. The summed E-state index contributed by atoms with van der Waals surface area (Å²) < 4.78 is 5.14. The first-order chi connectivity index (χ1) is 10.5. The van der Waals surface area contributed by atoms with Crippen LogP contribution in [0.25, 0.3) is 0 Å². The van der Waals surface area contributed by atoms with Gasteiger partial charge in [0.1, 0.15) is 0 Å². The van der Waals surface area contributed by atoms with Crippen molar-refractivity contribution in [2.75, 3.05) is 39.8 Å². The van der Waals surface area contributed by atoms with Crippen LogP contribution in [-0.2, 0) is 16.1 Å². The van der Waals surface area contributed by atoms with Crippen LogP contribution in [0.1, 0.15) is 18.9 Å². The molecule has 6 heteroatoms. The summed E-state index contributed by atoms with van der Waals surface area (Å²) >= 11 is 0. The van der Waals surface area contributed by atoms with E-state index in [1.54, 1.807) is 24.3 Å². The molecular weight excluding hydrogens is 282 g/mol. The largest absolute Gasteiger partial charge is 0.472 e. The van der Waals surface area contributed by atoms with Gasteiger partial charge in [0.15, 0.2) is 0 Å². The Morgan fingerprint density at radius 1 is 1.32 bits per heavy atom. The molecule has 0 saturated carbocycles. The zero-order valence-electron chi connectivity index (χ0n) is 13.2. The Labute approximate surface area is 130 Å². The Hall–Kier alpha value is -1.82. The van der Waals surface area contributed by atoms with Gasteiger partial charge in [0.2, 0.25) is 11.8 Å². The smallest absolute Gasteiger partial charge is 0.223 e. The second-order valence-electron chi connectivity index (χ2n) is 6.71. The van der Waals surface area contributed by atoms with Crippen molar-refractivity contribution in [1.82, 2.24) is 14.7 Å². The maximum Gasteiger partial charge on any atom is 0.223 e. The summed E-state index contributed by atoms with van der Waals surface area (Å²) in [7, 11) is 1.85. The minimum Gasteiger partial charge on any atom is -0.472 e. The summed E-state index contributed by atoms with van der Waals surface area (Å²) in [6.07, 6.45) is 3.96. The van der Waals surface area contributed by atoms with Crippen LogP contribution in [0, 0.1) is 5.41 Å². The summed E-state index contributed by atoms with van der Waals surface area (Å²) in [4.78, 5) is 29.9. The van der Waals surface area contributed by atoms with Crippen LogP contribution in [0.2, 0.25) is 0 Å². The Balaban J connectivity index is 1.80. The molecule has 0 aromatic carbocycles. The van der Waals surface area contributed by atoms with E-state index in [9.17, 15) is 9.59 Å². The molecule has 120 valence electrons. The number of hydrogen-bond donors (Lipinski definition) is 0. The molecule has 0 bridgehead atoms. The van der Waals surface area contributed by atoms with Crippen molar-refractivity contribution in [3.8, 4) is 0 Å². The molecule has 1 atom stereocenters. The van der Waals surface area contributed by atoms with Gasteiger partial charge in [-0.3, -0.25) is 14.5 Å². The van der Waals surface area contributed by atoms with Crippen molar-refractivity contribution in [1.29, 1.82) is 0 Å². The van der Waals surface area contributed by atoms with Gasteiger partial charge in [0.25, 0.3) is 0 Å². The normalized spacial score (nSPS) is 26.7. The number of nitrogens with zero attached hydrogens (tertiary/aromatic N) is 3. The molecule has 0 radical (unpaired) electrons. The highest BCUT2D eigenvalue weighted by molar-refractivity contribution is 5.79. The molecule has 0 N–H and O–H groups in total. The number of furan rings is 1. The van der Waals surface area contributed by atoms with Crippen LogP contribution >= 0.6 is 0 Å². The lowest BCUT2D eigenvalue weighted by molar-refractivity contribution is -0.130. The highest BCUT2D eigenvalue weighted by Crippen LogP contribution is 2.34. The maximum atomic E-state index is 12.0. The Kier molecular flexibility index (Phi) is 3.95. The Morgan fingerprint density at radius 2 is 2.14 bits per heavy atom. The van der Waals surface area contributed by atoms with Gasteiger partial charge < -0.3 is 14.2 Å². The molecule has 0 aliphatic carbocycles. The molecule has 1 unspecified atom stereocenters. The van der Waals surface area contributed by atoms with Gasteiger partial charge in [0, 0.05) is 70.6 Å². The first-order valence-corrected chi connectivity index (χ1v) is 7.70. The third kappa shape index (κ3) is 3.02. The van der Waals surface area contributed by atoms with Gasteiger partial charge in [-0.25, -0.2) is 0 Å². The molecule has 2 aliphatic rings. The number of carbonyl (C=O) groups excluding carboxylic acids is 2. The van der Waals surface area contributed by atoms with Gasteiger partial charge in [0.05, 0.1) is 12.5 Å². The van der Waals surface area contributed by atoms with Crippen LogP contribution < -0.4 is 0 Å². The third-order valence-electron chi connectivity index (χ3n) is 4.73. The summed E-state index contributed by atoms with van der Waals surface area (Å²) in [5.41, 5.74) is 0.974. The van der Waals surface area contributed by atoms with Crippen LogP contribution in [0.4, 0.5) is 0 Å². The first kappa shape index (κ1) is 15.1. The third-order valence-corrected chi connectivity index (χ3v) is 4.73. The molecule has 3 heterocycles. The average Bonchev–Trinajstić information content (AvgIpc) is 2.98. The molecular formula is C16H23N3O3. The standard InChI is InChI=1S/C16H23N3O3/c1-13(20)19-5-4-18(8-14-3-6-22-9-14)11-16(12-19)7-15(21)17(2)10-16/h3,6,9H,4-5,7-8,10-12H2,1-2H3. The molecule has 2 aliphatic heterocycles. The van der Waals surface area contributed by atoms with Crippen molar-refractivity contribution in [3.05, 3.63) is 24.2 Å². The fourth-order valence-electron chi connectivity index (χ4n) is 3.71. The number of carbonyl (C=O) groups is 2. The molecule has 2 saturated heterocycles. The van der Waals surface area contributed by atoms with Gasteiger partial charge >= 0.3 is 0 Å². The first-order valence-electron chi connectivity index (χ1n) is 7.70. The fraction of sp³-hybridized carbons (Fsp3) is 0.625. The van der Waals surface area contributed by atoms with E-state index in [2.05, 4.69) is 4.90 Å². The SMILES string of the molecule is CC(=O)N1CCN(Cc2ccoc2)CC2(CC(=O)N(C)C2)C1. The lowest BCUT2D eigenvalue weighted by Gasteiger charge is -2.33. The Morgan fingerprint density at radius 3 is 2.73 bits per heavy atom. The Bertz CT molecular complexity index is 557. The van der Waals surface area contributed by atoms with Crippen molar-refractivity contribution in [2.45, 2.75) is 19.9 Å². The minimum absolute atomic E-state index is 0.0894. The molecule has 6 nitrogen and oxygen atoms in total. The topological polar surface area (TPSA) is 57.0 Å². The van der Waals surface area contributed by atoms with Gasteiger partial charge in [-0.05, 0) is 6.07 Å². The maximum absolute atomic E-state index is 12.0. The van der Waals surface area contributed by atoms with Crippen molar-refractivity contribution in [2.24, 2.45) is 5.41 Å². The molecule has 22 heavy (non-hydrogen) atoms. The molecule has 2 amide bonds. The predicted molar refractivity (Wildman–Crippen MR) is 80.9 cm³/mol. The number of hydrogen-bond acceptors (Lipinski definition) is 4. The van der Waals surface area contributed by atoms with Crippen molar-refractivity contribution in [3.63, 3.8) is 0 Å². The van der Waals surface area contributed by atoms with E-state index in [1.807, 2.05) is 18.0 Å². The summed E-state index contributed by atoms with van der Waals surface area (Å²) in [5.74, 6) is 0.264. The highest BCUT2D eigenvalue weighted by Gasteiger charge is 2.45. The lowest BCUT2D eigenvalue weighted by Crippen LogP contribution is -2.43. The van der Waals surface area contributed by atoms with Crippen LogP contribution in [0.5, 0.6) is 0 Å². The zero-order valence-corrected chi connectivity index (χ0v) is 13.2. The summed E-state index contributed by atoms with van der Waals surface area (Å²) in [6, 6.07) is 1.96. The van der Waals surface area contributed by atoms with E-state index in [-0.39, 0.29) is 17.2 Å². The predicted octanol–water partition coefficient (Wildman–Crippen LogP) is 0.792. The monoisotopic (exact) mass is 305 g/mol. The van der Waals surface area contributed by atoms with E-state index >= 15 is 0 Å². The lowest BCUT2D eigenvalue weighted by atomic mass is 9.86. The van der Waals surface area contributed by atoms with E-state index in [1.165, 1.54) is 0 Å². The fourth-order valence-corrected chi connectivity index (χ4v) is 3.71. The quantitative estimate of drug-likeness (QED) is 0.811. The van der Waals surface area contributed by atoms with Crippen LogP contribution in [-0.4, -0.2) is 66.3 Å². The van der Waals surface area contributed by atoms with Gasteiger partial charge in [-0.1, -0.05) is 0 Å². The number of amides is 2. The van der Waals surface area contributed by atoms with Crippen LogP contribution in [0.15, 0.2) is 23.0 Å². The summed E-state index contributed by atoms with van der Waals surface area (Å²) in [6.45, 7) is 6.16. The van der Waals surface area contributed by atoms with E-state index in [4.69, 9.17) is 4.42 Å². The van der Waals surface area contributed by atoms with E-state index < -0.39 is 0 Å². The summed E-state index contributed by atoms with van der Waals surface area (Å²) in [5, 5.41) is 0. The van der Waals surface area contributed by atoms with Crippen molar-refractivity contribution < 1.29 is 14.0 Å². The minimum atomic E-state index is -0.155. The van der Waals surface area contributed by atoms with Gasteiger partial charge in [-0.15, -0.1) is 0 Å². The zero-order chi connectivity index (χ0) is 15.7. The molecule has 1 aromatic heterocycles. The number of likely N-dealkylation sites (tertiary alicyclic amines) is 1. The average molecular weight is 305 g/mol. The van der Waals surface area contributed by atoms with E-state index in [0.717, 1.165) is 31.7 Å². The number of rotatable bonds is 2. The highest BCUT2D eigenvalue weighted by atomic mass is 16.3. The second-order valence-corrected chi connectivity index (χ2v) is 6.71. The second kappa shape index (κ2) is 5.76. The van der Waals surface area contributed by atoms with Crippen LogP contribution in [0.3, 0.4) is 0 Å². The molecule has 3 rings (SSSR count). The molecule has 1 aromatic rings. The van der Waals surface area contributed by atoms with Gasteiger partial charge in [-0.2, -0.15) is 0 Å². The van der Waals surface area contributed by atoms with Crippen molar-refractivity contribution >= 4 is 11.8 Å². The molecule has 2 fully saturated rings. The van der Waals surface area contributed by atoms with E-state index in [0.29, 0.717) is 19.5 Å².